The van der Waals surface area contributed by atoms with Gasteiger partial charge >= 0.3 is 5.97 Å². The van der Waals surface area contributed by atoms with Crippen LogP contribution in [-0.2, 0) is 17.2 Å². The molecule has 0 fully saturated rings. The lowest BCUT2D eigenvalue weighted by Gasteiger charge is -1.96. The van der Waals surface area contributed by atoms with Crippen molar-refractivity contribution in [3.63, 3.8) is 0 Å². The molecule has 0 saturated carbocycles. The molecule has 0 bridgehead atoms. The zero-order valence-electron chi connectivity index (χ0n) is 15.2. The molecule has 154 valence electrons. The maximum Gasteiger partial charge on any atom is 0.339 e. The number of halogens is 4. The number of hydrogen-bond donors (Lipinski definition) is 1. The number of esters is 1. The van der Waals surface area contributed by atoms with Crippen LogP contribution in [0.15, 0.2) is 55.4 Å². The highest BCUT2D eigenvalue weighted by molar-refractivity contribution is 6.17. The molecular formula is C19H17ClF3N3O3. The van der Waals surface area contributed by atoms with Gasteiger partial charge in [-0.3, -0.25) is 15.0 Å². The number of nitrogens with zero attached hydrogens (tertiary/aromatic N) is 3. The van der Waals surface area contributed by atoms with Gasteiger partial charge in [0.05, 0.1) is 37.9 Å². The van der Waals surface area contributed by atoms with Crippen molar-refractivity contribution >= 4 is 17.6 Å². The Kier molecular flexibility index (Phi) is 10.9. The molecule has 0 aromatic carbocycles. The number of pyridine rings is 3. The maximum atomic E-state index is 12.4. The molecule has 0 radical (unpaired) electrons. The first-order chi connectivity index (χ1) is 13.9. The van der Waals surface area contributed by atoms with Crippen molar-refractivity contribution in [2.75, 3.05) is 7.11 Å². The highest BCUT2D eigenvalue weighted by Crippen LogP contribution is 2.03. The predicted molar refractivity (Wildman–Crippen MR) is 99.4 cm³/mol. The van der Waals surface area contributed by atoms with E-state index in [0.717, 1.165) is 24.7 Å². The molecular weight excluding hydrogens is 411 g/mol. The summed E-state index contributed by atoms with van der Waals surface area (Å²) in [6, 6.07) is 3.67. The smallest absolute Gasteiger partial charge is 0.339 e. The number of aliphatic hydroxyl groups excluding tert-OH is 1. The summed E-state index contributed by atoms with van der Waals surface area (Å²) < 4.78 is 41.2. The average Bonchev–Trinajstić information content (AvgIpc) is 2.74. The van der Waals surface area contributed by atoms with E-state index in [4.69, 9.17) is 16.7 Å². The molecule has 3 rings (SSSR count). The van der Waals surface area contributed by atoms with Gasteiger partial charge in [0, 0.05) is 24.5 Å². The third-order valence-corrected chi connectivity index (χ3v) is 3.29. The second kappa shape index (κ2) is 13.2. The van der Waals surface area contributed by atoms with Crippen molar-refractivity contribution in [2.24, 2.45) is 0 Å². The van der Waals surface area contributed by atoms with Crippen LogP contribution in [0.5, 0.6) is 0 Å². The molecule has 0 amide bonds. The standard InChI is InChI=1S/C7H6FNO2.C6H5ClFN.C6H6FNO/c1-11-7(10)5-2-6(8)4-9-3-5;7-2-5-1-6(8)4-9-3-5;7-6-1-5(4-9)2-8-3-6/h2-4H,1H3;1,3-4H,2H2;1-3,9H,4H2. The fourth-order valence-electron chi connectivity index (χ4n) is 1.71. The Hall–Kier alpha value is -3.04. The van der Waals surface area contributed by atoms with Crippen molar-refractivity contribution in [3.8, 4) is 0 Å². The molecule has 10 heteroatoms. The fourth-order valence-corrected chi connectivity index (χ4v) is 1.86. The average molecular weight is 428 g/mol. The Morgan fingerprint density at radius 1 is 0.897 bits per heavy atom. The number of aromatic nitrogens is 3. The fraction of sp³-hybridized carbons (Fsp3) is 0.158. The van der Waals surface area contributed by atoms with Gasteiger partial charge in [-0.25, -0.2) is 18.0 Å². The monoisotopic (exact) mass is 427 g/mol. The van der Waals surface area contributed by atoms with E-state index in [0.29, 0.717) is 17.0 Å². The van der Waals surface area contributed by atoms with Crippen LogP contribution in [0.25, 0.3) is 0 Å². The van der Waals surface area contributed by atoms with Gasteiger partial charge < -0.3 is 9.84 Å². The molecule has 0 spiro atoms. The van der Waals surface area contributed by atoms with Crippen molar-refractivity contribution in [2.45, 2.75) is 12.5 Å². The first-order valence-corrected chi connectivity index (χ1v) is 8.47. The van der Waals surface area contributed by atoms with Crippen LogP contribution in [0.4, 0.5) is 13.2 Å². The lowest BCUT2D eigenvalue weighted by molar-refractivity contribution is 0.0599. The molecule has 0 aliphatic carbocycles. The van der Waals surface area contributed by atoms with E-state index in [1.54, 1.807) is 0 Å². The van der Waals surface area contributed by atoms with Crippen LogP contribution < -0.4 is 0 Å². The molecule has 0 saturated heterocycles. The van der Waals surface area contributed by atoms with Gasteiger partial charge in [-0.15, -0.1) is 11.6 Å². The first kappa shape index (κ1) is 24.0. The van der Waals surface area contributed by atoms with Gasteiger partial charge in [0.1, 0.15) is 17.5 Å². The number of aliphatic hydroxyl groups is 1. The molecule has 3 aromatic heterocycles. The van der Waals surface area contributed by atoms with Gasteiger partial charge in [-0.1, -0.05) is 0 Å². The van der Waals surface area contributed by atoms with E-state index in [1.165, 1.54) is 37.8 Å². The summed E-state index contributed by atoms with van der Waals surface area (Å²) in [6.45, 7) is -0.162. The van der Waals surface area contributed by atoms with E-state index in [-0.39, 0.29) is 18.0 Å². The Morgan fingerprint density at radius 3 is 1.76 bits per heavy atom. The number of alkyl halides is 1. The summed E-state index contributed by atoms with van der Waals surface area (Å²) >= 11 is 5.39. The minimum atomic E-state index is -0.586. The normalized spacial score (nSPS) is 9.45. The van der Waals surface area contributed by atoms with Crippen molar-refractivity contribution in [1.29, 1.82) is 0 Å². The number of carbonyl (C=O) groups is 1. The molecule has 0 aliphatic rings. The van der Waals surface area contributed by atoms with Crippen LogP contribution >= 0.6 is 11.6 Å². The van der Waals surface area contributed by atoms with Crippen molar-refractivity contribution in [1.82, 2.24) is 15.0 Å². The molecule has 3 aromatic rings. The summed E-state index contributed by atoms with van der Waals surface area (Å²) in [5.74, 6) is -1.58. The Morgan fingerprint density at radius 2 is 1.38 bits per heavy atom. The minimum absolute atomic E-state index is 0.118. The van der Waals surface area contributed by atoms with E-state index < -0.39 is 17.6 Å². The Balaban J connectivity index is 0.000000219. The number of rotatable bonds is 3. The van der Waals surface area contributed by atoms with Crippen molar-refractivity contribution < 1.29 is 27.8 Å². The highest BCUT2D eigenvalue weighted by atomic mass is 35.5. The summed E-state index contributed by atoms with van der Waals surface area (Å²) in [5.41, 5.74) is 1.32. The third kappa shape index (κ3) is 9.63. The number of methoxy groups -OCH3 is 1. The van der Waals surface area contributed by atoms with E-state index in [9.17, 15) is 18.0 Å². The van der Waals surface area contributed by atoms with E-state index in [2.05, 4.69) is 19.7 Å². The van der Waals surface area contributed by atoms with Crippen LogP contribution in [0, 0.1) is 17.5 Å². The zero-order chi connectivity index (χ0) is 21.6. The Bertz CT molecular complexity index is 871. The topological polar surface area (TPSA) is 85.2 Å². The lowest BCUT2D eigenvalue weighted by atomic mass is 10.3. The largest absolute Gasteiger partial charge is 0.465 e. The first-order valence-electron chi connectivity index (χ1n) is 7.94. The van der Waals surface area contributed by atoms with Gasteiger partial charge in [0.2, 0.25) is 0 Å². The number of carbonyl (C=O) groups excluding carboxylic acids is 1. The molecule has 0 aliphatic heterocycles. The molecule has 6 nitrogen and oxygen atoms in total. The van der Waals surface area contributed by atoms with Crippen molar-refractivity contribution in [3.05, 3.63) is 89.5 Å². The van der Waals surface area contributed by atoms with E-state index in [1.807, 2.05) is 0 Å². The molecule has 29 heavy (non-hydrogen) atoms. The van der Waals surface area contributed by atoms with Crippen LogP contribution in [-0.4, -0.2) is 33.1 Å². The maximum absolute atomic E-state index is 12.4. The second-order valence-electron chi connectivity index (χ2n) is 5.20. The summed E-state index contributed by atoms with van der Waals surface area (Å²) in [6.07, 6.45) is 7.47. The highest BCUT2D eigenvalue weighted by Gasteiger charge is 2.05. The van der Waals surface area contributed by atoms with Crippen LogP contribution in [0.2, 0.25) is 0 Å². The van der Waals surface area contributed by atoms with Gasteiger partial charge in [-0.2, -0.15) is 0 Å². The quantitative estimate of drug-likeness (QED) is 0.507. The SMILES string of the molecule is COC(=O)c1cncc(F)c1.Fc1cncc(CCl)c1.OCc1cncc(F)c1. The zero-order valence-corrected chi connectivity index (χ0v) is 16.0. The molecule has 3 heterocycles. The summed E-state index contributed by atoms with van der Waals surface area (Å²) in [4.78, 5) is 21.3. The molecule has 1 N–H and O–H groups in total. The summed E-state index contributed by atoms with van der Waals surface area (Å²) in [7, 11) is 1.23. The molecule has 0 unspecified atom stereocenters. The predicted octanol–water partition coefficient (Wildman–Crippen LogP) is 3.68. The third-order valence-electron chi connectivity index (χ3n) is 2.99. The van der Waals surface area contributed by atoms with Gasteiger partial charge in [0.15, 0.2) is 0 Å². The lowest BCUT2D eigenvalue weighted by Crippen LogP contribution is -2.01. The molecule has 0 atom stereocenters. The van der Waals surface area contributed by atoms with Crippen LogP contribution in [0.1, 0.15) is 21.5 Å². The number of hydrogen-bond acceptors (Lipinski definition) is 6. The number of ether oxygens (including phenoxy) is 1. The minimum Gasteiger partial charge on any atom is -0.465 e. The van der Waals surface area contributed by atoms with E-state index >= 15 is 0 Å². The second-order valence-corrected chi connectivity index (χ2v) is 5.47. The van der Waals surface area contributed by atoms with Gasteiger partial charge in [-0.05, 0) is 29.3 Å². The summed E-state index contributed by atoms with van der Waals surface area (Å²) in [5, 5.41) is 8.46. The Labute approximate surface area is 170 Å². The van der Waals surface area contributed by atoms with Gasteiger partial charge in [0.25, 0.3) is 0 Å². The van der Waals surface area contributed by atoms with Crippen LogP contribution in [0.3, 0.4) is 0 Å².